The highest BCUT2D eigenvalue weighted by Gasteiger charge is 2.19. The molecule has 0 saturated heterocycles. The number of fused-ring (bicyclic) bond motifs is 13. The van der Waals surface area contributed by atoms with Gasteiger partial charge in [0.15, 0.2) is 0 Å². The Morgan fingerprint density at radius 2 is 0.729 bits per heavy atom. The molecule has 2 heteroatoms. The summed E-state index contributed by atoms with van der Waals surface area (Å²) in [5.74, 6) is 0. The van der Waals surface area contributed by atoms with Crippen molar-refractivity contribution in [3.8, 4) is 22.3 Å². The van der Waals surface area contributed by atoms with Gasteiger partial charge in [-0.3, -0.25) is 0 Å². The Morgan fingerprint density at radius 1 is 0.271 bits per heavy atom. The average Bonchev–Trinajstić information content (AvgIpc) is 3.72. The summed E-state index contributed by atoms with van der Waals surface area (Å²) in [4.78, 5) is 0. The zero-order valence-corrected chi connectivity index (χ0v) is 27.5. The van der Waals surface area contributed by atoms with Crippen molar-refractivity contribution in [2.24, 2.45) is 0 Å². The molecule has 0 fully saturated rings. The van der Waals surface area contributed by atoms with Gasteiger partial charge in [-0.05, 0) is 84.2 Å². The van der Waals surface area contributed by atoms with Crippen LogP contribution in [0.3, 0.4) is 0 Å². The Bertz CT molecular complexity index is 3060. The van der Waals surface area contributed by atoms with Gasteiger partial charge in [0.2, 0.25) is 0 Å². The van der Waals surface area contributed by atoms with E-state index in [9.17, 15) is 0 Å². The highest BCUT2D eigenvalue weighted by molar-refractivity contribution is 7.27. The summed E-state index contributed by atoms with van der Waals surface area (Å²) < 4.78 is 5.39. The van der Waals surface area contributed by atoms with Gasteiger partial charge in [0.25, 0.3) is 0 Å². The minimum Gasteiger partial charge on any atom is -0.135 e. The van der Waals surface area contributed by atoms with Gasteiger partial charge < -0.3 is 0 Å². The van der Waals surface area contributed by atoms with Crippen LogP contribution in [-0.4, -0.2) is 0 Å². The maximum atomic E-state index is 2.46. The second-order valence-corrected chi connectivity index (χ2v) is 14.9. The quantitative estimate of drug-likeness (QED) is 0.130. The van der Waals surface area contributed by atoms with Crippen LogP contribution in [0.2, 0.25) is 0 Å². The molecule has 0 aliphatic rings. The smallest absolute Gasteiger partial charge is 0.0440 e. The number of thiophene rings is 2. The van der Waals surface area contributed by atoms with Crippen LogP contribution < -0.4 is 0 Å². The van der Waals surface area contributed by atoms with Crippen LogP contribution in [0.1, 0.15) is 0 Å². The van der Waals surface area contributed by atoms with Crippen LogP contribution >= 0.6 is 22.7 Å². The molecule has 0 amide bonds. The predicted molar refractivity (Wildman–Crippen MR) is 213 cm³/mol. The topological polar surface area (TPSA) is 0 Å². The first-order chi connectivity index (χ1) is 23.8. The summed E-state index contributed by atoms with van der Waals surface area (Å²) >= 11 is 3.80. The first-order valence-electron chi connectivity index (χ1n) is 16.4. The molecule has 2 heterocycles. The van der Waals surface area contributed by atoms with Gasteiger partial charge in [-0.1, -0.05) is 133 Å². The molecule has 11 aromatic rings. The van der Waals surface area contributed by atoms with Crippen molar-refractivity contribution in [1.82, 2.24) is 0 Å². The van der Waals surface area contributed by atoms with Crippen molar-refractivity contribution in [3.05, 3.63) is 158 Å². The zero-order valence-electron chi connectivity index (χ0n) is 25.8. The van der Waals surface area contributed by atoms with Crippen molar-refractivity contribution in [3.63, 3.8) is 0 Å². The second kappa shape index (κ2) is 9.98. The molecular formula is C46H26S2. The van der Waals surface area contributed by atoms with E-state index >= 15 is 0 Å². The molecular weight excluding hydrogens is 617 g/mol. The fraction of sp³-hybridized carbons (Fsp3) is 0. The lowest BCUT2D eigenvalue weighted by Crippen LogP contribution is -1.91. The third kappa shape index (κ3) is 3.65. The first-order valence-corrected chi connectivity index (χ1v) is 18.1. The second-order valence-electron chi connectivity index (χ2n) is 12.8. The van der Waals surface area contributed by atoms with Crippen LogP contribution in [0.5, 0.6) is 0 Å². The van der Waals surface area contributed by atoms with Gasteiger partial charge in [0, 0.05) is 45.7 Å². The van der Waals surface area contributed by atoms with E-state index in [1.54, 1.807) is 0 Å². The molecule has 0 atom stereocenters. The van der Waals surface area contributed by atoms with Crippen LogP contribution in [0.15, 0.2) is 158 Å². The lowest BCUT2D eigenvalue weighted by atomic mass is 9.85. The summed E-state index contributed by atoms with van der Waals surface area (Å²) in [6.07, 6.45) is 0. The van der Waals surface area contributed by atoms with E-state index in [0.29, 0.717) is 0 Å². The highest BCUT2D eigenvalue weighted by atomic mass is 32.1. The predicted octanol–water partition coefficient (Wildman–Crippen LogP) is 14.4. The lowest BCUT2D eigenvalue weighted by molar-refractivity contribution is 1.70. The maximum Gasteiger partial charge on any atom is 0.0440 e. The molecule has 11 rings (SSSR count). The minimum atomic E-state index is 1.26. The summed E-state index contributed by atoms with van der Waals surface area (Å²) in [5, 5.41) is 15.8. The molecule has 0 saturated carbocycles. The summed E-state index contributed by atoms with van der Waals surface area (Å²) in [6, 6.07) is 58.8. The van der Waals surface area contributed by atoms with E-state index in [4.69, 9.17) is 0 Å². The molecule has 0 nitrogen and oxygen atoms in total. The molecule has 2 aromatic heterocycles. The number of hydrogen-bond acceptors (Lipinski definition) is 2. The van der Waals surface area contributed by atoms with Crippen molar-refractivity contribution < 1.29 is 0 Å². The molecule has 0 aliphatic carbocycles. The summed E-state index contributed by atoms with van der Waals surface area (Å²) in [6.45, 7) is 0. The van der Waals surface area contributed by atoms with E-state index in [-0.39, 0.29) is 0 Å². The number of hydrogen-bond donors (Lipinski definition) is 0. The van der Waals surface area contributed by atoms with E-state index in [1.807, 2.05) is 22.7 Å². The molecule has 0 spiro atoms. The Kier molecular flexibility index (Phi) is 5.51. The molecule has 0 radical (unpaired) electrons. The third-order valence-corrected chi connectivity index (χ3v) is 12.6. The van der Waals surface area contributed by atoms with Crippen molar-refractivity contribution >= 4 is 106 Å². The Hall–Kier alpha value is -5.54. The van der Waals surface area contributed by atoms with Crippen LogP contribution in [0, 0.1) is 0 Å². The largest absolute Gasteiger partial charge is 0.135 e. The van der Waals surface area contributed by atoms with E-state index < -0.39 is 0 Å². The molecule has 9 aromatic carbocycles. The Labute approximate surface area is 284 Å². The lowest BCUT2D eigenvalue weighted by Gasteiger charge is -2.18. The number of rotatable bonds is 2. The fourth-order valence-corrected chi connectivity index (χ4v) is 10.6. The zero-order chi connectivity index (χ0) is 31.3. The van der Waals surface area contributed by atoms with Crippen LogP contribution in [-0.2, 0) is 0 Å². The van der Waals surface area contributed by atoms with E-state index in [0.717, 1.165) is 0 Å². The number of benzene rings is 9. The molecule has 0 bridgehead atoms. The van der Waals surface area contributed by atoms with Crippen LogP contribution in [0.4, 0.5) is 0 Å². The Morgan fingerprint density at radius 3 is 1.38 bits per heavy atom. The molecule has 48 heavy (non-hydrogen) atoms. The van der Waals surface area contributed by atoms with Crippen LogP contribution in [0.25, 0.3) is 106 Å². The molecule has 222 valence electrons. The maximum absolute atomic E-state index is 2.46. The highest BCUT2D eigenvalue weighted by Crippen LogP contribution is 2.48. The van der Waals surface area contributed by atoms with Gasteiger partial charge in [-0.15, -0.1) is 22.7 Å². The van der Waals surface area contributed by atoms with Gasteiger partial charge in [0.1, 0.15) is 0 Å². The minimum absolute atomic E-state index is 1.26. The SMILES string of the molecule is c1ccc2c(c1)sc1cc(-c3c4ccccc4c(-c4ccc5c(c4)c4ccccc4c4c6ccccc6sc54)c4ccccc34)ccc12. The van der Waals surface area contributed by atoms with Gasteiger partial charge >= 0.3 is 0 Å². The monoisotopic (exact) mass is 642 g/mol. The summed E-state index contributed by atoms with van der Waals surface area (Å²) in [7, 11) is 0. The first kappa shape index (κ1) is 26.5. The summed E-state index contributed by atoms with van der Waals surface area (Å²) in [5.41, 5.74) is 5.13. The average molecular weight is 643 g/mol. The fourth-order valence-electron chi connectivity index (χ4n) is 8.19. The standard InChI is InChI=1S/C46H26S2/c1-2-13-32-29(11-1)39-25-27(22-24-37(39)46-45(32)38-18-8-10-20-41(38)48-46)43-33-14-3-5-16-35(33)44(36-17-6-4-15-34(36)43)28-21-23-31-30-12-7-9-19-40(30)47-42(31)26-28/h1-26H. The third-order valence-electron chi connectivity index (χ3n) is 10.2. The van der Waals surface area contributed by atoms with Gasteiger partial charge in [0.05, 0.1) is 0 Å². The Balaban J connectivity index is 1.22. The van der Waals surface area contributed by atoms with E-state index in [2.05, 4.69) is 158 Å². The van der Waals surface area contributed by atoms with E-state index in [1.165, 1.54) is 106 Å². The normalized spacial score (nSPS) is 12.2. The van der Waals surface area contributed by atoms with Crippen molar-refractivity contribution in [2.75, 3.05) is 0 Å². The van der Waals surface area contributed by atoms with Crippen molar-refractivity contribution in [1.29, 1.82) is 0 Å². The van der Waals surface area contributed by atoms with Crippen molar-refractivity contribution in [2.45, 2.75) is 0 Å². The molecule has 0 N–H and O–H groups in total. The van der Waals surface area contributed by atoms with Gasteiger partial charge in [-0.25, -0.2) is 0 Å². The molecule has 0 unspecified atom stereocenters. The van der Waals surface area contributed by atoms with Gasteiger partial charge in [-0.2, -0.15) is 0 Å². The molecule has 0 aliphatic heterocycles.